The van der Waals surface area contributed by atoms with E-state index in [1.54, 1.807) is 21.9 Å². The van der Waals surface area contributed by atoms with Gasteiger partial charge in [0.05, 0.1) is 13.1 Å². The minimum atomic E-state index is -0.519. The summed E-state index contributed by atoms with van der Waals surface area (Å²) < 4.78 is 14.7. The highest BCUT2D eigenvalue weighted by molar-refractivity contribution is 5.97. The van der Waals surface area contributed by atoms with E-state index in [-0.39, 0.29) is 30.5 Å². The molecule has 154 valence electrons. The lowest BCUT2D eigenvalue weighted by molar-refractivity contribution is 0.100. The zero-order chi connectivity index (χ0) is 21.0. The third-order valence-electron chi connectivity index (χ3n) is 5.30. The number of benzene rings is 2. The molecule has 2 aromatic rings. The van der Waals surface area contributed by atoms with Gasteiger partial charge in [-0.2, -0.15) is 0 Å². The van der Waals surface area contributed by atoms with E-state index in [1.165, 1.54) is 6.07 Å². The first-order valence-electron chi connectivity index (χ1n) is 9.73. The number of ketones is 1. The second kappa shape index (κ2) is 9.15. The first-order valence-corrected chi connectivity index (χ1v) is 9.73. The van der Waals surface area contributed by atoms with Crippen molar-refractivity contribution in [2.24, 2.45) is 5.73 Å². The minimum Gasteiger partial charge on any atom is -0.324 e. The van der Waals surface area contributed by atoms with Crippen LogP contribution in [0.2, 0.25) is 0 Å². The Hall–Kier alpha value is -2.77. The Labute approximate surface area is 170 Å². The molecule has 29 heavy (non-hydrogen) atoms. The number of rotatable bonds is 5. The minimum absolute atomic E-state index is 0.0823. The molecular weight excluding hydrogens is 371 g/mol. The van der Waals surface area contributed by atoms with Crippen molar-refractivity contribution >= 4 is 17.5 Å². The molecule has 0 aliphatic carbocycles. The fraction of sp³-hybridized carbons (Fsp3) is 0.364. The summed E-state index contributed by atoms with van der Waals surface area (Å²) in [4.78, 5) is 30.7. The zero-order valence-electron chi connectivity index (χ0n) is 16.9. The Morgan fingerprint density at radius 2 is 1.79 bits per heavy atom. The maximum atomic E-state index is 14.7. The Kier molecular flexibility index (Phi) is 6.61. The van der Waals surface area contributed by atoms with E-state index in [1.807, 2.05) is 38.2 Å². The van der Waals surface area contributed by atoms with Crippen LogP contribution < -0.4 is 10.6 Å². The van der Waals surface area contributed by atoms with Crippen LogP contribution >= 0.6 is 0 Å². The number of carbonyl (C=O) groups excluding carboxylic acids is 2. The van der Waals surface area contributed by atoms with Gasteiger partial charge in [0, 0.05) is 43.0 Å². The molecule has 2 aromatic carbocycles. The van der Waals surface area contributed by atoms with Crippen LogP contribution in [0.5, 0.6) is 0 Å². The predicted molar refractivity (Wildman–Crippen MR) is 112 cm³/mol. The van der Waals surface area contributed by atoms with Crippen molar-refractivity contribution in [3.63, 3.8) is 0 Å². The molecule has 0 radical (unpaired) electrons. The molecule has 1 heterocycles. The van der Waals surface area contributed by atoms with Gasteiger partial charge in [-0.25, -0.2) is 9.18 Å². The summed E-state index contributed by atoms with van der Waals surface area (Å²) >= 11 is 0. The van der Waals surface area contributed by atoms with Crippen LogP contribution in [0.4, 0.5) is 14.9 Å². The van der Waals surface area contributed by atoms with Crippen LogP contribution in [0.25, 0.3) is 0 Å². The van der Waals surface area contributed by atoms with Crippen molar-refractivity contribution in [3.05, 3.63) is 65.0 Å². The van der Waals surface area contributed by atoms with Gasteiger partial charge >= 0.3 is 6.03 Å². The fourth-order valence-corrected chi connectivity index (χ4v) is 3.43. The molecule has 7 heteroatoms. The predicted octanol–water partition coefficient (Wildman–Crippen LogP) is 2.65. The van der Waals surface area contributed by atoms with Gasteiger partial charge in [-0.15, -0.1) is 0 Å². The van der Waals surface area contributed by atoms with Gasteiger partial charge in [-0.3, -0.25) is 9.69 Å². The Morgan fingerprint density at radius 3 is 2.41 bits per heavy atom. The first kappa shape index (κ1) is 21.0. The summed E-state index contributed by atoms with van der Waals surface area (Å²) in [5.41, 5.74) is 7.64. The van der Waals surface area contributed by atoms with Crippen molar-refractivity contribution in [2.75, 3.05) is 44.7 Å². The number of anilines is 1. The number of carbonyl (C=O) groups is 2. The van der Waals surface area contributed by atoms with Gasteiger partial charge in [0.2, 0.25) is 0 Å². The van der Waals surface area contributed by atoms with Crippen LogP contribution in [-0.2, 0) is 6.54 Å². The number of hydrogen-bond donors (Lipinski definition) is 1. The van der Waals surface area contributed by atoms with E-state index in [2.05, 4.69) is 4.90 Å². The molecule has 1 aliphatic heterocycles. The largest absolute Gasteiger partial charge is 0.324 e. The first-order chi connectivity index (χ1) is 13.9. The highest BCUT2D eigenvalue weighted by Crippen LogP contribution is 2.25. The molecule has 0 saturated carbocycles. The topological polar surface area (TPSA) is 69.9 Å². The molecule has 1 aliphatic rings. The molecule has 0 spiro atoms. The van der Waals surface area contributed by atoms with Crippen LogP contribution in [0.15, 0.2) is 42.5 Å². The number of amides is 2. The van der Waals surface area contributed by atoms with Crippen molar-refractivity contribution < 1.29 is 14.0 Å². The molecule has 2 amide bonds. The average Bonchev–Trinajstić information content (AvgIpc) is 2.73. The van der Waals surface area contributed by atoms with Gasteiger partial charge in [0.1, 0.15) is 5.82 Å². The molecular formula is C22H27FN4O2. The van der Waals surface area contributed by atoms with E-state index in [9.17, 15) is 14.0 Å². The Morgan fingerprint density at radius 1 is 1.10 bits per heavy atom. The average molecular weight is 398 g/mol. The maximum Gasteiger partial charge on any atom is 0.324 e. The number of hydrogen-bond acceptors (Lipinski definition) is 4. The zero-order valence-corrected chi connectivity index (χ0v) is 16.9. The van der Waals surface area contributed by atoms with E-state index in [0.717, 1.165) is 24.3 Å². The summed E-state index contributed by atoms with van der Waals surface area (Å²) in [6, 6.07) is 11.7. The van der Waals surface area contributed by atoms with E-state index >= 15 is 0 Å². The summed E-state index contributed by atoms with van der Waals surface area (Å²) in [5, 5.41) is 0. The number of aryl methyl sites for hydroxylation is 1. The van der Waals surface area contributed by atoms with Gasteiger partial charge in [-0.05, 0) is 31.7 Å². The van der Waals surface area contributed by atoms with E-state index in [0.29, 0.717) is 18.7 Å². The standard InChI is InChI=1S/C22H27FN4O2/c1-16-5-3-4-6-20(16)27(22(29)26-11-9-25(2)10-12-26)15-18-8-7-17(13-19(18)23)21(28)14-24/h3-8,13H,9-12,14-15,24H2,1-2H3. The number of piperazine rings is 1. The molecule has 1 saturated heterocycles. The molecule has 0 aromatic heterocycles. The monoisotopic (exact) mass is 398 g/mol. The molecule has 6 nitrogen and oxygen atoms in total. The molecule has 0 bridgehead atoms. The normalized spacial score (nSPS) is 14.7. The quantitative estimate of drug-likeness (QED) is 0.786. The van der Waals surface area contributed by atoms with Crippen LogP contribution in [0.3, 0.4) is 0 Å². The SMILES string of the molecule is Cc1ccccc1N(Cc1ccc(C(=O)CN)cc1F)C(=O)N1CCN(C)CC1. The number of nitrogens with two attached hydrogens (primary N) is 1. The molecule has 0 unspecified atom stereocenters. The summed E-state index contributed by atoms with van der Waals surface area (Å²) in [6.07, 6.45) is 0. The summed E-state index contributed by atoms with van der Waals surface area (Å²) in [7, 11) is 2.03. The molecule has 0 atom stereocenters. The summed E-state index contributed by atoms with van der Waals surface area (Å²) in [6.45, 7) is 4.71. The highest BCUT2D eigenvalue weighted by Gasteiger charge is 2.27. The summed E-state index contributed by atoms with van der Waals surface area (Å²) in [5.74, 6) is -0.839. The van der Waals surface area contributed by atoms with Crippen LogP contribution in [0, 0.1) is 12.7 Å². The number of nitrogens with zero attached hydrogens (tertiary/aromatic N) is 3. The lowest BCUT2D eigenvalue weighted by atomic mass is 10.1. The number of likely N-dealkylation sites (N-methyl/N-ethyl adjacent to an activating group) is 1. The maximum absolute atomic E-state index is 14.7. The second-order valence-electron chi connectivity index (χ2n) is 7.38. The number of Topliss-reactive ketones (excluding diaryl/α,β-unsaturated/α-hetero) is 1. The van der Waals surface area contributed by atoms with E-state index in [4.69, 9.17) is 5.73 Å². The van der Waals surface area contributed by atoms with Crippen molar-refractivity contribution in [2.45, 2.75) is 13.5 Å². The van der Waals surface area contributed by atoms with Gasteiger partial charge in [0.15, 0.2) is 5.78 Å². The number of para-hydroxylation sites is 1. The highest BCUT2D eigenvalue weighted by atomic mass is 19.1. The lowest BCUT2D eigenvalue weighted by Gasteiger charge is -2.36. The van der Waals surface area contributed by atoms with Crippen molar-refractivity contribution in [3.8, 4) is 0 Å². The van der Waals surface area contributed by atoms with Crippen LogP contribution in [-0.4, -0.2) is 61.4 Å². The second-order valence-corrected chi connectivity index (χ2v) is 7.38. The van der Waals surface area contributed by atoms with Gasteiger partial charge in [-0.1, -0.05) is 30.3 Å². The van der Waals surface area contributed by atoms with Crippen LogP contribution in [0.1, 0.15) is 21.5 Å². The smallest absolute Gasteiger partial charge is 0.324 e. The third kappa shape index (κ3) is 4.81. The van der Waals surface area contributed by atoms with Crippen molar-refractivity contribution in [1.82, 2.24) is 9.80 Å². The Bertz CT molecular complexity index is 894. The molecule has 2 N–H and O–H groups in total. The molecule has 3 rings (SSSR count). The van der Waals surface area contributed by atoms with Gasteiger partial charge < -0.3 is 15.5 Å². The van der Waals surface area contributed by atoms with Gasteiger partial charge in [0.25, 0.3) is 0 Å². The molecule has 1 fully saturated rings. The Balaban J connectivity index is 1.91. The van der Waals surface area contributed by atoms with E-state index < -0.39 is 5.82 Å². The fourth-order valence-electron chi connectivity index (χ4n) is 3.43. The lowest BCUT2D eigenvalue weighted by Crippen LogP contribution is -2.52. The third-order valence-corrected chi connectivity index (χ3v) is 5.30. The van der Waals surface area contributed by atoms with Crippen molar-refractivity contribution in [1.29, 1.82) is 0 Å². The number of halogens is 1. The number of urea groups is 1.